The molecule has 1 rings (SSSR count). The zero-order chi connectivity index (χ0) is 16.1. The molecule has 0 saturated carbocycles. The lowest BCUT2D eigenvalue weighted by molar-refractivity contribution is -0.166. The Hall–Kier alpha value is -1.55. The Morgan fingerprint density at radius 2 is 1.71 bits per heavy atom. The Kier molecular flexibility index (Phi) is 5.78. The maximum absolute atomic E-state index is 11.6. The van der Waals surface area contributed by atoms with Gasteiger partial charge in [-0.2, -0.15) is 0 Å². The van der Waals surface area contributed by atoms with E-state index in [0.717, 1.165) is 11.3 Å². The Balaban J connectivity index is 2.88. The topological polar surface area (TPSA) is 55.8 Å². The lowest BCUT2D eigenvalue weighted by atomic mass is 9.91. The van der Waals surface area contributed by atoms with Crippen LogP contribution in [0.1, 0.15) is 46.6 Å². The number of carboxylic acids is 1. The lowest BCUT2D eigenvalue weighted by Gasteiger charge is -2.28. The molecular formula is C17H26O4. The van der Waals surface area contributed by atoms with E-state index in [4.69, 9.17) is 9.47 Å². The van der Waals surface area contributed by atoms with Gasteiger partial charge in [-0.1, -0.05) is 19.1 Å². The molecule has 0 aliphatic carbocycles. The van der Waals surface area contributed by atoms with Crippen molar-refractivity contribution in [1.29, 1.82) is 0 Å². The second kappa shape index (κ2) is 6.94. The van der Waals surface area contributed by atoms with Gasteiger partial charge in [0, 0.05) is 13.0 Å². The predicted molar refractivity (Wildman–Crippen MR) is 82.8 cm³/mol. The van der Waals surface area contributed by atoms with Crippen LogP contribution in [0.3, 0.4) is 0 Å². The van der Waals surface area contributed by atoms with Crippen molar-refractivity contribution in [3.8, 4) is 5.75 Å². The molecule has 0 saturated heterocycles. The van der Waals surface area contributed by atoms with Gasteiger partial charge in [-0.25, -0.2) is 4.79 Å². The number of carbonyl (C=O) groups is 1. The van der Waals surface area contributed by atoms with Crippen molar-refractivity contribution >= 4 is 5.97 Å². The van der Waals surface area contributed by atoms with Gasteiger partial charge >= 0.3 is 5.97 Å². The smallest absolute Gasteiger partial charge is 0.336 e. The van der Waals surface area contributed by atoms with Crippen LogP contribution in [0.25, 0.3) is 0 Å². The minimum atomic E-state index is -1.15. The van der Waals surface area contributed by atoms with Gasteiger partial charge in [-0.15, -0.1) is 0 Å². The average Bonchev–Trinajstić information content (AvgIpc) is 2.38. The third-order valence-corrected chi connectivity index (χ3v) is 3.22. The van der Waals surface area contributed by atoms with Crippen molar-refractivity contribution in [3.05, 3.63) is 29.8 Å². The fourth-order valence-electron chi connectivity index (χ4n) is 2.20. The van der Waals surface area contributed by atoms with Crippen LogP contribution < -0.4 is 4.74 Å². The van der Waals surface area contributed by atoms with Crippen molar-refractivity contribution in [1.82, 2.24) is 0 Å². The molecule has 0 bridgehead atoms. The van der Waals surface area contributed by atoms with Crippen molar-refractivity contribution in [3.63, 3.8) is 0 Å². The van der Waals surface area contributed by atoms with Crippen molar-refractivity contribution in [2.24, 2.45) is 0 Å². The minimum absolute atomic E-state index is 0.249. The first-order valence-corrected chi connectivity index (χ1v) is 7.38. The van der Waals surface area contributed by atoms with Gasteiger partial charge < -0.3 is 14.6 Å². The van der Waals surface area contributed by atoms with Gasteiger partial charge in [0.05, 0.1) is 0 Å². The molecule has 0 aliphatic rings. The number of benzene rings is 1. The minimum Gasteiger partial charge on any atom is -0.488 e. The van der Waals surface area contributed by atoms with Gasteiger partial charge in [0.25, 0.3) is 0 Å². The monoisotopic (exact) mass is 294 g/mol. The first kappa shape index (κ1) is 17.5. The highest BCUT2D eigenvalue weighted by atomic mass is 16.5. The molecule has 1 aromatic carbocycles. The first-order chi connectivity index (χ1) is 9.72. The zero-order valence-corrected chi connectivity index (χ0v) is 13.6. The maximum Gasteiger partial charge on any atom is 0.336 e. The second-order valence-electron chi connectivity index (χ2n) is 6.12. The van der Waals surface area contributed by atoms with Gasteiger partial charge in [0.2, 0.25) is 0 Å². The number of hydrogen-bond donors (Lipinski definition) is 1. The molecule has 0 aliphatic heterocycles. The van der Waals surface area contributed by atoms with Crippen LogP contribution >= 0.6 is 0 Å². The van der Waals surface area contributed by atoms with Crippen LogP contribution in [0.15, 0.2) is 24.3 Å². The highest BCUT2D eigenvalue weighted by molar-refractivity contribution is 5.78. The Morgan fingerprint density at radius 1 is 1.14 bits per heavy atom. The van der Waals surface area contributed by atoms with E-state index in [0.29, 0.717) is 19.4 Å². The molecule has 0 aromatic heterocycles. The van der Waals surface area contributed by atoms with E-state index in [1.54, 1.807) is 0 Å². The number of rotatable bonds is 7. The summed E-state index contributed by atoms with van der Waals surface area (Å²) in [6, 6.07) is 7.53. The van der Waals surface area contributed by atoms with E-state index >= 15 is 0 Å². The third-order valence-electron chi connectivity index (χ3n) is 3.22. The summed E-state index contributed by atoms with van der Waals surface area (Å²) in [7, 11) is 0. The molecule has 0 spiro atoms. The summed E-state index contributed by atoms with van der Waals surface area (Å²) >= 11 is 0. The molecule has 0 amide bonds. The largest absolute Gasteiger partial charge is 0.488 e. The molecular weight excluding hydrogens is 268 g/mol. The van der Waals surface area contributed by atoms with Crippen LogP contribution in [-0.4, -0.2) is 28.9 Å². The summed E-state index contributed by atoms with van der Waals surface area (Å²) in [5.41, 5.74) is -0.476. The van der Waals surface area contributed by atoms with Crippen LogP contribution in [-0.2, 0) is 16.0 Å². The van der Waals surface area contributed by atoms with E-state index in [2.05, 4.69) is 0 Å². The zero-order valence-electron chi connectivity index (χ0n) is 13.6. The number of hydrogen-bond acceptors (Lipinski definition) is 3. The summed E-state index contributed by atoms with van der Waals surface area (Å²) in [5, 5.41) is 9.47. The lowest BCUT2D eigenvalue weighted by Crippen LogP contribution is -2.43. The van der Waals surface area contributed by atoms with Crippen LogP contribution in [0.4, 0.5) is 0 Å². The van der Waals surface area contributed by atoms with Gasteiger partial charge in [-0.05, 0) is 51.8 Å². The van der Waals surface area contributed by atoms with Crippen molar-refractivity contribution < 1.29 is 19.4 Å². The predicted octanol–water partition coefficient (Wildman–Crippen LogP) is 3.68. The molecule has 21 heavy (non-hydrogen) atoms. The summed E-state index contributed by atoms with van der Waals surface area (Å²) in [5.74, 6) is -0.137. The number of carboxylic acid groups (broad SMARTS) is 1. The molecule has 4 heteroatoms. The van der Waals surface area contributed by atoms with Crippen LogP contribution in [0, 0.1) is 0 Å². The van der Waals surface area contributed by atoms with Crippen LogP contribution in [0.5, 0.6) is 5.75 Å². The molecule has 0 fully saturated rings. The Morgan fingerprint density at radius 3 is 2.10 bits per heavy atom. The molecule has 4 nitrogen and oxygen atoms in total. The van der Waals surface area contributed by atoms with Gasteiger partial charge in [0.15, 0.2) is 5.60 Å². The molecule has 0 heterocycles. The second-order valence-corrected chi connectivity index (χ2v) is 6.12. The standard InChI is InChI=1S/C17H26O4/c1-6-17(15(18)19,20-7-2)12-13-8-10-14(11-9-13)21-16(3,4)5/h8-11H,6-7,12H2,1-5H3,(H,18,19)/t17-/m0/s1. The SMILES string of the molecule is CCO[C@@](CC)(Cc1ccc(OC(C)(C)C)cc1)C(=O)O. The van der Waals surface area contributed by atoms with Crippen molar-refractivity contribution in [2.75, 3.05) is 6.61 Å². The average molecular weight is 294 g/mol. The van der Waals surface area contributed by atoms with Crippen LogP contribution in [0.2, 0.25) is 0 Å². The number of ether oxygens (including phenoxy) is 2. The highest BCUT2D eigenvalue weighted by Gasteiger charge is 2.37. The normalized spacial score (nSPS) is 14.5. The third kappa shape index (κ3) is 5.05. The van der Waals surface area contributed by atoms with Gasteiger partial charge in [0.1, 0.15) is 11.4 Å². The Bertz CT molecular complexity index is 459. The van der Waals surface area contributed by atoms with Crippen molar-refractivity contribution in [2.45, 2.75) is 58.7 Å². The fraction of sp³-hybridized carbons (Fsp3) is 0.588. The maximum atomic E-state index is 11.6. The fourth-order valence-corrected chi connectivity index (χ4v) is 2.20. The molecule has 1 aromatic rings. The van der Waals surface area contributed by atoms with E-state index in [9.17, 15) is 9.90 Å². The highest BCUT2D eigenvalue weighted by Crippen LogP contribution is 2.25. The quantitative estimate of drug-likeness (QED) is 0.833. The number of aliphatic carboxylic acids is 1. The molecule has 118 valence electrons. The molecule has 1 N–H and O–H groups in total. The summed E-state index contributed by atoms with van der Waals surface area (Å²) in [6.07, 6.45) is 0.777. The van der Waals surface area contributed by atoms with Gasteiger partial charge in [-0.3, -0.25) is 0 Å². The van der Waals surface area contributed by atoms with E-state index in [-0.39, 0.29) is 5.60 Å². The molecule has 0 unspecified atom stereocenters. The van der Waals surface area contributed by atoms with E-state index in [1.807, 2.05) is 58.9 Å². The first-order valence-electron chi connectivity index (χ1n) is 7.38. The summed E-state index contributed by atoms with van der Waals surface area (Å²) in [6.45, 7) is 9.99. The Labute approximate surface area is 127 Å². The summed E-state index contributed by atoms with van der Waals surface area (Å²) < 4.78 is 11.3. The molecule has 0 radical (unpaired) electrons. The summed E-state index contributed by atoms with van der Waals surface area (Å²) in [4.78, 5) is 11.6. The van der Waals surface area contributed by atoms with E-state index in [1.165, 1.54) is 0 Å². The van der Waals surface area contributed by atoms with E-state index < -0.39 is 11.6 Å². The molecule has 1 atom stereocenters.